The molecule has 2 saturated heterocycles. The van der Waals surface area contributed by atoms with Crippen molar-refractivity contribution in [3.63, 3.8) is 0 Å². The van der Waals surface area contributed by atoms with E-state index in [4.69, 9.17) is 11.6 Å². The molecule has 0 radical (unpaired) electrons. The quantitative estimate of drug-likeness (QED) is 0.599. The number of nitrogens with one attached hydrogen (secondary N) is 1. The van der Waals surface area contributed by atoms with E-state index in [-0.39, 0.29) is 23.2 Å². The molecule has 8 heteroatoms. The number of aliphatic imine (C=N–C) groups is 1. The maximum Gasteiger partial charge on any atom is 0.343 e. The van der Waals surface area contributed by atoms with Gasteiger partial charge in [0.05, 0.1) is 5.71 Å². The Bertz CT molecular complexity index is 1050. The van der Waals surface area contributed by atoms with Crippen molar-refractivity contribution in [3.05, 3.63) is 40.5 Å². The second-order valence-electron chi connectivity index (χ2n) is 8.78. The smallest absolute Gasteiger partial charge is 0.318 e. The van der Waals surface area contributed by atoms with Gasteiger partial charge in [-0.3, -0.25) is 9.69 Å². The molecular weight excluding hydrogens is 444 g/mol. The van der Waals surface area contributed by atoms with Gasteiger partial charge in [0.25, 0.3) is 0 Å². The number of nitrogens with zero attached hydrogens (tertiary/aromatic N) is 3. The fourth-order valence-corrected chi connectivity index (χ4v) is 6.84. The van der Waals surface area contributed by atoms with E-state index in [1.807, 2.05) is 23.2 Å². The van der Waals surface area contributed by atoms with Crippen LogP contribution in [-0.4, -0.2) is 39.3 Å². The third kappa shape index (κ3) is 1.56. The van der Waals surface area contributed by atoms with E-state index < -0.39 is 16.7 Å². The molecule has 5 heterocycles. The summed E-state index contributed by atoms with van der Waals surface area (Å²) in [5, 5.41) is 2.90. The van der Waals surface area contributed by atoms with Gasteiger partial charge in [0, 0.05) is 45.9 Å². The molecule has 1 aromatic carbocycles. The number of hydrogen-bond acceptors (Lipinski definition) is 3. The molecule has 3 amide bonds. The number of anilines is 1. The predicted molar refractivity (Wildman–Crippen MR) is 109 cm³/mol. The Morgan fingerprint density at radius 3 is 2.89 bits per heavy atom. The summed E-state index contributed by atoms with van der Waals surface area (Å²) >= 11 is 10.6. The zero-order chi connectivity index (χ0) is 19.6. The van der Waals surface area contributed by atoms with E-state index >= 15 is 0 Å². The Labute approximate surface area is 175 Å². The first-order valence-electron chi connectivity index (χ1n) is 9.39. The van der Waals surface area contributed by atoms with Crippen LogP contribution in [0.3, 0.4) is 0 Å². The minimum absolute atomic E-state index is 0.0150. The van der Waals surface area contributed by atoms with Crippen LogP contribution in [0.4, 0.5) is 10.5 Å². The zero-order valence-corrected chi connectivity index (χ0v) is 17.7. The number of urea groups is 1. The zero-order valence-electron chi connectivity index (χ0n) is 15.4. The number of halogens is 2. The highest BCUT2D eigenvalue weighted by atomic mass is 79.9. The van der Waals surface area contributed by atoms with Crippen LogP contribution in [0.2, 0.25) is 0 Å². The molecule has 28 heavy (non-hydrogen) atoms. The molecule has 5 aliphatic rings. The van der Waals surface area contributed by atoms with E-state index in [0.29, 0.717) is 18.6 Å². The van der Waals surface area contributed by atoms with Gasteiger partial charge in [-0.25, -0.2) is 4.79 Å². The van der Waals surface area contributed by atoms with Gasteiger partial charge in [0.1, 0.15) is 5.66 Å². The number of rotatable bonds is 0. The standard InChI is InChI=1S/C20H18BrClN4O2/c1-18(2)14(22)9-19-12-8-16(27)25(19)6-5-15-20(18,24-17(28)23-15)26(19)13-7-10(21)3-4-11(12)13/h3-7,12,14H,8-9H2,1-2H3,(H,24,28). The summed E-state index contributed by atoms with van der Waals surface area (Å²) < 4.78 is 0.954. The summed E-state index contributed by atoms with van der Waals surface area (Å²) in [6, 6.07) is 5.81. The fraction of sp³-hybridized carbons (Fsp3) is 0.450. The lowest BCUT2D eigenvalue weighted by molar-refractivity contribution is -0.129. The summed E-state index contributed by atoms with van der Waals surface area (Å²) in [6.07, 6.45) is 4.66. The van der Waals surface area contributed by atoms with Crippen LogP contribution in [0.5, 0.6) is 0 Å². The Morgan fingerprint density at radius 2 is 2.11 bits per heavy atom. The van der Waals surface area contributed by atoms with Crippen LogP contribution in [0, 0.1) is 5.41 Å². The molecule has 6 nitrogen and oxygen atoms in total. The number of piperidine rings is 1. The number of benzene rings is 1. The second-order valence-corrected chi connectivity index (χ2v) is 10.2. The monoisotopic (exact) mass is 460 g/mol. The average molecular weight is 462 g/mol. The van der Waals surface area contributed by atoms with Gasteiger partial charge in [-0.15, -0.1) is 11.6 Å². The van der Waals surface area contributed by atoms with Crippen molar-refractivity contribution in [3.8, 4) is 0 Å². The van der Waals surface area contributed by atoms with Crippen LogP contribution >= 0.6 is 27.5 Å². The molecule has 6 rings (SSSR count). The first-order chi connectivity index (χ1) is 13.2. The first kappa shape index (κ1) is 17.0. The minimum atomic E-state index is -0.922. The maximum atomic E-state index is 13.0. The van der Waals surface area contributed by atoms with Crippen LogP contribution in [0.25, 0.3) is 0 Å². The third-order valence-electron chi connectivity index (χ3n) is 7.41. The number of alkyl halides is 1. The Balaban J connectivity index is 1.77. The number of carbonyl (C=O) groups is 2. The molecule has 2 fully saturated rings. The highest BCUT2D eigenvalue weighted by Gasteiger charge is 2.76. The van der Waals surface area contributed by atoms with Gasteiger partial charge in [0.2, 0.25) is 5.91 Å². The van der Waals surface area contributed by atoms with E-state index in [1.54, 1.807) is 0 Å². The van der Waals surface area contributed by atoms with E-state index in [1.165, 1.54) is 0 Å². The molecule has 2 bridgehead atoms. The molecule has 0 aliphatic carbocycles. The molecule has 1 N–H and O–H groups in total. The number of hydrogen-bond donors (Lipinski definition) is 1. The lowest BCUT2D eigenvalue weighted by Gasteiger charge is -2.63. The van der Waals surface area contributed by atoms with Crippen molar-refractivity contribution in [2.75, 3.05) is 4.90 Å². The molecular formula is C20H18BrClN4O2. The van der Waals surface area contributed by atoms with Crippen LogP contribution in [0.15, 0.2) is 39.9 Å². The van der Waals surface area contributed by atoms with Gasteiger partial charge < -0.3 is 10.2 Å². The third-order valence-corrected chi connectivity index (χ3v) is 8.60. The lowest BCUT2D eigenvalue weighted by Crippen LogP contribution is -2.81. The van der Waals surface area contributed by atoms with Gasteiger partial charge in [0.15, 0.2) is 5.66 Å². The summed E-state index contributed by atoms with van der Waals surface area (Å²) in [6.45, 7) is 4.15. The number of fused-ring (bicyclic) bond motifs is 2. The summed E-state index contributed by atoms with van der Waals surface area (Å²) in [7, 11) is 0. The van der Waals surface area contributed by atoms with Crippen LogP contribution in [-0.2, 0) is 4.79 Å². The topological polar surface area (TPSA) is 65.0 Å². The summed E-state index contributed by atoms with van der Waals surface area (Å²) in [5.74, 6) is 0.0595. The van der Waals surface area contributed by atoms with Crippen molar-refractivity contribution in [2.45, 2.75) is 49.3 Å². The predicted octanol–water partition coefficient (Wildman–Crippen LogP) is 3.71. The summed E-state index contributed by atoms with van der Waals surface area (Å²) in [4.78, 5) is 34.0. The Kier molecular flexibility index (Phi) is 2.93. The number of amides is 3. The fourth-order valence-electron chi connectivity index (χ4n) is 6.11. The highest BCUT2D eigenvalue weighted by Crippen LogP contribution is 2.67. The number of carbonyl (C=O) groups excluding carboxylic acids is 2. The van der Waals surface area contributed by atoms with Crippen molar-refractivity contribution >= 4 is 50.9 Å². The van der Waals surface area contributed by atoms with Gasteiger partial charge in [-0.2, -0.15) is 4.99 Å². The summed E-state index contributed by atoms with van der Waals surface area (Å²) in [5.41, 5.74) is 0.664. The lowest BCUT2D eigenvalue weighted by atomic mass is 9.65. The molecule has 0 aromatic heterocycles. The first-order valence-corrected chi connectivity index (χ1v) is 10.6. The molecule has 0 saturated carbocycles. The molecule has 2 spiro atoms. The molecule has 4 unspecified atom stereocenters. The van der Waals surface area contributed by atoms with Crippen molar-refractivity contribution in [1.82, 2.24) is 10.2 Å². The highest BCUT2D eigenvalue weighted by molar-refractivity contribution is 9.10. The molecule has 5 aliphatic heterocycles. The van der Waals surface area contributed by atoms with E-state index in [2.05, 4.69) is 57.1 Å². The van der Waals surface area contributed by atoms with Crippen molar-refractivity contribution < 1.29 is 9.59 Å². The van der Waals surface area contributed by atoms with E-state index in [9.17, 15) is 9.59 Å². The largest absolute Gasteiger partial charge is 0.343 e. The van der Waals surface area contributed by atoms with Crippen LogP contribution < -0.4 is 10.2 Å². The van der Waals surface area contributed by atoms with Crippen molar-refractivity contribution in [2.24, 2.45) is 10.4 Å². The van der Waals surface area contributed by atoms with Crippen LogP contribution in [0.1, 0.15) is 38.2 Å². The maximum absolute atomic E-state index is 13.0. The normalized spacial score (nSPS) is 38.6. The van der Waals surface area contributed by atoms with Gasteiger partial charge in [-0.05, 0) is 23.8 Å². The molecule has 4 atom stereocenters. The van der Waals surface area contributed by atoms with Gasteiger partial charge >= 0.3 is 6.03 Å². The van der Waals surface area contributed by atoms with E-state index in [0.717, 1.165) is 15.7 Å². The molecule has 144 valence electrons. The molecule has 1 aromatic rings. The Hall–Kier alpha value is -1.86. The second kappa shape index (κ2) is 4.82. The SMILES string of the molecule is CC1(C)C(Cl)CC23C4CC(=O)N2C=CC2=NC(=O)NC21N3c1cc(Br)ccc14. The average Bonchev–Trinajstić information content (AvgIpc) is 3.14. The minimum Gasteiger partial charge on any atom is -0.318 e. The Morgan fingerprint density at radius 1 is 1.32 bits per heavy atom. The van der Waals surface area contributed by atoms with Gasteiger partial charge in [-0.1, -0.05) is 35.8 Å². The van der Waals surface area contributed by atoms with Crippen molar-refractivity contribution in [1.29, 1.82) is 0 Å².